The molecule has 0 spiro atoms. The Bertz CT molecular complexity index is 412. The van der Waals surface area contributed by atoms with Crippen LogP contribution < -0.4 is 5.32 Å². The van der Waals surface area contributed by atoms with Crippen molar-refractivity contribution in [1.82, 2.24) is 5.32 Å². The van der Waals surface area contributed by atoms with E-state index in [1.54, 1.807) is 0 Å². The second-order valence-electron chi connectivity index (χ2n) is 7.06. The Morgan fingerprint density at radius 3 is 2.52 bits per heavy atom. The molecule has 0 aliphatic heterocycles. The van der Waals surface area contributed by atoms with Crippen LogP contribution in [0.25, 0.3) is 0 Å². The van der Waals surface area contributed by atoms with E-state index in [0.29, 0.717) is 5.92 Å². The minimum Gasteiger partial charge on any atom is -0.316 e. The first-order chi connectivity index (χ1) is 10.1. The normalized spacial score (nSPS) is 26.2. The predicted molar refractivity (Wildman–Crippen MR) is 93.0 cm³/mol. The van der Waals surface area contributed by atoms with Gasteiger partial charge in [0.15, 0.2) is 0 Å². The first-order valence-corrected chi connectivity index (χ1v) is 8.94. The SMILES string of the molecule is CCC1CCC(CNCC(C)C)C(c2ccc(Cl)cc2)C1. The van der Waals surface area contributed by atoms with Crippen molar-refractivity contribution in [2.75, 3.05) is 13.1 Å². The topological polar surface area (TPSA) is 12.0 Å². The molecule has 118 valence electrons. The molecule has 1 aliphatic rings. The summed E-state index contributed by atoms with van der Waals surface area (Å²) in [5.74, 6) is 3.09. The quantitative estimate of drug-likeness (QED) is 0.732. The predicted octanol–water partition coefficient (Wildman–Crippen LogP) is 5.50. The molecule has 1 N–H and O–H groups in total. The Kier molecular flexibility index (Phi) is 6.57. The minimum atomic E-state index is 0.695. The smallest absolute Gasteiger partial charge is 0.0406 e. The second-order valence-corrected chi connectivity index (χ2v) is 7.49. The summed E-state index contributed by atoms with van der Waals surface area (Å²) in [6, 6.07) is 8.57. The number of benzene rings is 1. The zero-order chi connectivity index (χ0) is 15.2. The average molecular weight is 308 g/mol. The molecule has 0 heterocycles. The number of halogens is 1. The fourth-order valence-corrected chi connectivity index (χ4v) is 3.74. The van der Waals surface area contributed by atoms with Gasteiger partial charge in [0.2, 0.25) is 0 Å². The molecule has 0 amide bonds. The van der Waals surface area contributed by atoms with Crippen molar-refractivity contribution in [3.05, 3.63) is 34.9 Å². The number of hydrogen-bond acceptors (Lipinski definition) is 1. The first-order valence-electron chi connectivity index (χ1n) is 8.56. The van der Waals surface area contributed by atoms with Crippen LogP contribution in [0.1, 0.15) is 57.9 Å². The third-order valence-corrected chi connectivity index (χ3v) is 5.19. The summed E-state index contributed by atoms with van der Waals surface area (Å²) >= 11 is 6.05. The van der Waals surface area contributed by atoms with Crippen molar-refractivity contribution >= 4 is 11.6 Å². The van der Waals surface area contributed by atoms with Crippen LogP contribution in [-0.2, 0) is 0 Å². The van der Waals surface area contributed by atoms with E-state index in [0.717, 1.165) is 35.9 Å². The zero-order valence-corrected chi connectivity index (χ0v) is 14.5. The van der Waals surface area contributed by atoms with Crippen molar-refractivity contribution in [3.63, 3.8) is 0 Å². The van der Waals surface area contributed by atoms with E-state index in [2.05, 4.69) is 38.2 Å². The van der Waals surface area contributed by atoms with Gasteiger partial charge < -0.3 is 5.32 Å². The zero-order valence-electron chi connectivity index (χ0n) is 13.7. The summed E-state index contributed by atoms with van der Waals surface area (Å²) in [6.07, 6.45) is 5.41. The van der Waals surface area contributed by atoms with Gasteiger partial charge >= 0.3 is 0 Å². The van der Waals surface area contributed by atoms with Gasteiger partial charge in [0.25, 0.3) is 0 Å². The molecule has 3 unspecified atom stereocenters. The van der Waals surface area contributed by atoms with Gasteiger partial charge in [-0.3, -0.25) is 0 Å². The summed E-state index contributed by atoms with van der Waals surface area (Å²) in [4.78, 5) is 0. The van der Waals surface area contributed by atoms with Gasteiger partial charge in [-0.1, -0.05) is 57.3 Å². The van der Waals surface area contributed by atoms with Gasteiger partial charge in [0, 0.05) is 5.02 Å². The monoisotopic (exact) mass is 307 g/mol. The van der Waals surface area contributed by atoms with Crippen molar-refractivity contribution < 1.29 is 0 Å². The van der Waals surface area contributed by atoms with Crippen molar-refractivity contribution in [3.8, 4) is 0 Å². The lowest BCUT2D eigenvalue weighted by Gasteiger charge is -2.36. The lowest BCUT2D eigenvalue weighted by atomic mass is 9.70. The molecule has 1 aromatic carbocycles. The van der Waals surface area contributed by atoms with Crippen LogP contribution in [0.15, 0.2) is 24.3 Å². The summed E-state index contributed by atoms with van der Waals surface area (Å²) in [6.45, 7) is 9.17. The summed E-state index contributed by atoms with van der Waals surface area (Å²) in [5.41, 5.74) is 1.48. The van der Waals surface area contributed by atoms with Gasteiger partial charge in [0.1, 0.15) is 0 Å². The first kappa shape index (κ1) is 16.8. The summed E-state index contributed by atoms with van der Waals surface area (Å²) in [5, 5.41) is 4.52. The van der Waals surface area contributed by atoms with Crippen LogP contribution in [0.2, 0.25) is 5.02 Å². The number of nitrogens with one attached hydrogen (secondary N) is 1. The van der Waals surface area contributed by atoms with E-state index in [-0.39, 0.29) is 0 Å². The number of hydrogen-bond donors (Lipinski definition) is 1. The third kappa shape index (κ3) is 5.00. The van der Waals surface area contributed by atoms with Crippen LogP contribution in [0.5, 0.6) is 0 Å². The van der Waals surface area contributed by atoms with Crippen LogP contribution in [0.3, 0.4) is 0 Å². The van der Waals surface area contributed by atoms with Gasteiger partial charge in [-0.05, 0) is 67.3 Å². The highest BCUT2D eigenvalue weighted by molar-refractivity contribution is 6.30. The van der Waals surface area contributed by atoms with E-state index in [1.807, 2.05) is 12.1 Å². The minimum absolute atomic E-state index is 0.695. The van der Waals surface area contributed by atoms with Gasteiger partial charge in [-0.15, -0.1) is 0 Å². The molecular weight excluding hydrogens is 278 g/mol. The fourth-order valence-electron chi connectivity index (χ4n) is 3.61. The van der Waals surface area contributed by atoms with E-state index >= 15 is 0 Å². The molecule has 3 atom stereocenters. The van der Waals surface area contributed by atoms with Crippen LogP contribution in [-0.4, -0.2) is 13.1 Å². The highest BCUT2D eigenvalue weighted by atomic mass is 35.5. The number of rotatable bonds is 6. The maximum atomic E-state index is 6.05. The third-order valence-electron chi connectivity index (χ3n) is 4.94. The molecule has 0 radical (unpaired) electrons. The molecule has 1 saturated carbocycles. The van der Waals surface area contributed by atoms with Crippen molar-refractivity contribution in [2.24, 2.45) is 17.8 Å². The Morgan fingerprint density at radius 1 is 1.19 bits per heavy atom. The van der Waals surface area contributed by atoms with E-state index < -0.39 is 0 Å². The van der Waals surface area contributed by atoms with Gasteiger partial charge in [-0.25, -0.2) is 0 Å². The molecule has 2 heteroatoms. The van der Waals surface area contributed by atoms with Crippen LogP contribution >= 0.6 is 11.6 Å². The Balaban J connectivity index is 2.04. The molecule has 2 rings (SSSR count). The molecule has 1 aliphatic carbocycles. The Morgan fingerprint density at radius 2 is 1.90 bits per heavy atom. The van der Waals surface area contributed by atoms with Crippen LogP contribution in [0.4, 0.5) is 0 Å². The van der Waals surface area contributed by atoms with Crippen molar-refractivity contribution in [1.29, 1.82) is 0 Å². The van der Waals surface area contributed by atoms with E-state index in [1.165, 1.54) is 31.2 Å². The average Bonchev–Trinajstić information content (AvgIpc) is 2.48. The lowest BCUT2D eigenvalue weighted by molar-refractivity contribution is 0.224. The molecule has 0 saturated heterocycles. The van der Waals surface area contributed by atoms with Gasteiger partial charge in [-0.2, -0.15) is 0 Å². The Labute approximate surface area is 135 Å². The summed E-state index contributed by atoms with van der Waals surface area (Å²) in [7, 11) is 0. The maximum Gasteiger partial charge on any atom is 0.0406 e. The Hall–Kier alpha value is -0.530. The largest absolute Gasteiger partial charge is 0.316 e. The molecule has 21 heavy (non-hydrogen) atoms. The highest BCUT2D eigenvalue weighted by Crippen LogP contribution is 2.41. The fraction of sp³-hybridized carbons (Fsp3) is 0.684. The van der Waals surface area contributed by atoms with Crippen LogP contribution in [0, 0.1) is 17.8 Å². The maximum absolute atomic E-state index is 6.05. The molecule has 0 bridgehead atoms. The highest BCUT2D eigenvalue weighted by Gasteiger charge is 2.30. The molecule has 1 fully saturated rings. The van der Waals surface area contributed by atoms with E-state index in [4.69, 9.17) is 11.6 Å². The molecule has 1 nitrogen and oxygen atoms in total. The summed E-state index contributed by atoms with van der Waals surface area (Å²) < 4.78 is 0. The molecule has 1 aromatic rings. The molecule has 0 aromatic heterocycles. The standard InChI is InChI=1S/C19H30ClN/c1-4-15-5-6-17(13-21-12-14(2)3)19(11-15)16-7-9-18(20)10-8-16/h7-10,14-15,17,19,21H,4-6,11-13H2,1-3H3. The van der Waals surface area contributed by atoms with E-state index in [9.17, 15) is 0 Å². The van der Waals surface area contributed by atoms with Crippen molar-refractivity contribution in [2.45, 2.75) is 52.4 Å². The lowest BCUT2D eigenvalue weighted by Crippen LogP contribution is -2.33. The molecular formula is C19H30ClN. The van der Waals surface area contributed by atoms with Gasteiger partial charge in [0.05, 0.1) is 0 Å². The second kappa shape index (κ2) is 8.19.